The van der Waals surface area contributed by atoms with E-state index < -0.39 is 0 Å². The Morgan fingerprint density at radius 3 is 2.50 bits per heavy atom. The molecule has 1 aromatic rings. The van der Waals surface area contributed by atoms with Gasteiger partial charge in [0.2, 0.25) is 0 Å². The van der Waals surface area contributed by atoms with E-state index in [4.69, 9.17) is 0 Å². The molecule has 0 aromatic carbocycles. The van der Waals surface area contributed by atoms with Gasteiger partial charge >= 0.3 is 0 Å². The molecule has 1 aliphatic rings. The Bertz CT molecular complexity index is 394. The lowest BCUT2D eigenvalue weighted by Gasteiger charge is -2.33. The molecule has 2 rings (SSSR count). The van der Waals surface area contributed by atoms with E-state index >= 15 is 0 Å². The molecule has 0 bridgehead atoms. The van der Waals surface area contributed by atoms with Crippen LogP contribution in [0.5, 0.6) is 0 Å². The second kappa shape index (κ2) is 8.13. The first-order chi connectivity index (χ1) is 9.72. The molecule has 1 aromatic heterocycles. The molecule has 0 saturated carbocycles. The number of aryl methyl sites for hydroxylation is 1. The average molecular weight is 295 g/mol. The third-order valence-electron chi connectivity index (χ3n) is 4.10. The standard InChI is InChI=1S/C16H29N3S/c1-4-6-17-12-16-11-15(14(3)20-16)13-19-9-7-18(5-2)8-10-19/h11,17H,4-10,12-13H2,1-3H3. The van der Waals surface area contributed by atoms with E-state index in [1.807, 2.05) is 11.3 Å². The molecule has 1 fully saturated rings. The summed E-state index contributed by atoms with van der Waals surface area (Å²) in [6.07, 6.45) is 1.21. The molecule has 3 nitrogen and oxygen atoms in total. The molecule has 0 amide bonds. The van der Waals surface area contributed by atoms with Crippen molar-refractivity contribution in [2.75, 3.05) is 39.3 Å². The molecular weight excluding hydrogens is 266 g/mol. The maximum atomic E-state index is 3.50. The van der Waals surface area contributed by atoms with Crippen molar-refractivity contribution in [3.8, 4) is 0 Å². The normalized spacial score (nSPS) is 17.8. The minimum absolute atomic E-state index is 1.03. The van der Waals surface area contributed by atoms with E-state index in [9.17, 15) is 0 Å². The Labute approximate surface area is 128 Å². The van der Waals surface area contributed by atoms with Crippen molar-refractivity contribution in [3.05, 3.63) is 21.4 Å². The van der Waals surface area contributed by atoms with Crippen LogP contribution >= 0.6 is 11.3 Å². The van der Waals surface area contributed by atoms with Crippen LogP contribution in [0.1, 0.15) is 35.6 Å². The molecule has 0 aliphatic carbocycles. The number of hydrogen-bond donors (Lipinski definition) is 1. The third-order valence-corrected chi connectivity index (χ3v) is 5.20. The highest BCUT2D eigenvalue weighted by molar-refractivity contribution is 7.12. The van der Waals surface area contributed by atoms with Gasteiger partial charge in [-0.3, -0.25) is 4.90 Å². The topological polar surface area (TPSA) is 18.5 Å². The number of rotatable bonds is 7. The van der Waals surface area contributed by atoms with E-state index in [2.05, 4.69) is 42.0 Å². The van der Waals surface area contributed by atoms with Gasteiger partial charge in [0.25, 0.3) is 0 Å². The van der Waals surface area contributed by atoms with Crippen molar-refractivity contribution in [1.82, 2.24) is 15.1 Å². The fourth-order valence-electron chi connectivity index (χ4n) is 2.72. The fourth-order valence-corrected chi connectivity index (χ4v) is 3.75. The second-order valence-corrected chi connectivity index (χ2v) is 7.02. The van der Waals surface area contributed by atoms with Crippen molar-refractivity contribution in [3.63, 3.8) is 0 Å². The van der Waals surface area contributed by atoms with E-state index in [1.165, 1.54) is 54.5 Å². The highest BCUT2D eigenvalue weighted by Gasteiger charge is 2.17. The maximum Gasteiger partial charge on any atom is 0.0299 e. The first-order valence-corrected chi connectivity index (χ1v) is 8.78. The summed E-state index contributed by atoms with van der Waals surface area (Å²) >= 11 is 1.96. The van der Waals surface area contributed by atoms with Crippen LogP contribution in [-0.2, 0) is 13.1 Å². The predicted molar refractivity (Wildman–Crippen MR) is 88.4 cm³/mol. The summed E-state index contributed by atoms with van der Waals surface area (Å²) in [7, 11) is 0. The summed E-state index contributed by atoms with van der Waals surface area (Å²) in [6.45, 7) is 16.1. The van der Waals surface area contributed by atoms with E-state index in [-0.39, 0.29) is 0 Å². The number of likely N-dealkylation sites (N-methyl/N-ethyl adjacent to an activating group) is 1. The first kappa shape index (κ1) is 16.0. The Morgan fingerprint density at radius 2 is 1.85 bits per heavy atom. The van der Waals surface area contributed by atoms with Gasteiger partial charge < -0.3 is 10.2 Å². The van der Waals surface area contributed by atoms with Crippen molar-refractivity contribution in [2.45, 2.75) is 40.3 Å². The molecular formula is C16H29N3S. The quantitative estimate of drug-likeness (QED) is 0.780. The summed E-state index contributed by atoms with van der Waals surface area (Å²) in [6, 6.07) is 2.41. The van der Waals surface area contributed by atoms with Gasteiger partial charge in [0.05, 0.1) is 0 Å². The van der Waals surface area contributed by atoms with Gasteiger partial charge in [-0.25, -0.2) is 0 Å². The highest BCUT2D eigenvalue weighted by atomic mass is 32.1. The average Bonchev–Trinajstić information content (AvgIpc) is 2.80. The van der Waals surface area contributed by atoms with Gasteiger partial charge in [0, 0.05) is 49.0 Å². The summed E-state index contributed by atoms with van der Waals surface area (Å²) in [5.74, 6) is 0. The van der Waals surface area contributed by atoms with Crippen LogP contribution in [-0.4, -0.2) is 49.1 Å². The molecule has 0 unspecified atom stereocenters. The molecule has 1 aliphatic heterocycles. The Hall–Kier alpha value is -0.420. The molecule has 20 heavy (non-hydrogen) atoms. The van der Waals surface area contributed by atoms with Crippen LogP contribution < -0.4 is 5.32 Å². The zero-order valence-corrected chi connectivity index (χ0v) is 14.1. The summed E-state index contributed by atoms with van der Waals surface area (Å²) in [5, 5.41) is 3.50. The smallest absolute Gasteiger partial charge is 0.0299 e. The molecule has 0 radical (unpaired) electrons. The lowest BCUT2D eigenvalue weighted by Crippen LogP contribution is -2.45. The second-order valence-electron chi connectivity index (χ2n) is 5.68. The molecule has 0 spiro atoms. The molecule has 2 heterocycles. The van der Waals surface area contributed by atoms with Crippen molar-refractivity contribution >= 4 is 11.3 Å². The number of nitrogens with zero attached hydrogens (tertiary/aromatic N) is 2. The minimum Gasteiger partial charge on any atom is -0.312 e. The number of piperazine rings is 1. The van der Waals surface area contributed by atoms with Crippen LogP contribution in [0.2, 0.25) is 0 Å². The Balaban J connectivity index is 1.83. The van der Waals surface area contributed by atoms with Crippen LogP contribution in [0.3, 0.4) is 0 Å². The zero-order chi connectivity index (χ0) is 14.4. The van der Waals surface area contributed by atoms with Gasteiger partial charge in [0.15, 0.2) is 0 Å². The number of thiophene rings is 1. The lowest BCUT2D eigenvalue weighted by atomic mass is 10.2. The van der Waals surface area contributed by atoms with Crippen LogP contribution in [0.25, 0.3) is 0 Å². The highest BCUT2D eigenvalue weighted by Crippen LogP contribution is 2.23. The number of nitrogens with one attached hydrogen (secondary N) is 1. The largest absolute Gasteiger partial charge is 0.312 e. The lowest BCUT2D eigenvalue weighted by molar-refractivity contribution is 0.132. The van der Waals surface area contributed by atoms with E-state index in [1.54, 1.807) is 0 Å². The molecule has 1 N–H and O–H groups in total. The summed E-state index contributed by atoms with van der Waals surface area (Å²) in [5.41, 5.74) is 1.54. The van der Waals surface area contributed by atoms with Crippen LogP contribution in [0.4, 0.5) is 0 Å². The van der Waals surface area contributed by atoms with Crippen molar-refractivity contribution < 1.29 is 0 Å². The molecule has 1 saturated heterocycles. The van der Waals surface area contributed by atoms with Gasteiger partial charge in [-0.1, -0.05) is 13.8 Å². The van der Waals surface area contributed by atoms with E-state index in [0.29, 0.717) is 0 Å². The third kappa shape index (κ3) is 4.55. The van der Waals surface area contributed by atoms with Crippen LogP contribution in [0, 0.1) is 6.92 Å². The number of hydrogen-bond acceptors (Lipinski definition) is 4. The van der Waals surface area contributed by atoms with Crippen molar-refractivity contribution in [1.29, 1.82) is 0 Å². The molecule has 4 heteroatoms. The minimum atomic E-state index is 1.03. The molecule has 0 atom stereocenters. The van der Waals surface area contributed by atoms with Gasteiger partial charge in [-0.05, 0) is 38.1 Å². The van der Waals surface area contributed by atoms with Crippen molar-refractivity contribution in [2.24, 2.45) is 0 Å². The Kier molecular flexibility index (Phi) is 6.49. The van der Waals surface area contributed by atoms with Gasteiger partial charge in [-0.15, -0.1) is 11.3 Å². The SMILES string of the molecule is CCCNCc1cc(CN2CCN(CC)CC2)c(C)s1. The van der Waals surface area contributed by atoms with E-state index in [0.717, 1.165) is 19.6 Å². The predicted octanol–water partition coefficient (Wildman–Crippen LogP) is 2.69. The summed E-state index contributed by atoms with van der Waals surface area (Å²) in [4.78, 5) is 8.12. The van der Waals surface area contributed by atoms with Gasteiger partial charge in [0.1, 0.15) is 0 Å². The molecule has 114 valence electrons. The Morgan fingerprint density at radius 1 is 1.15 bits per heavy atom. The van der Waals surface area contributed by atoms with Gasteiger partial charge in [-0.2, -0.15) is 0 Å². The maximum absolute atomic E-state index is 3.50. The monoisotopic (exact) mass is 295 g/mol. The zero-order valence-electron chi connectivity index (χ0n) is 13.2. The first-order valence-electron chi connectivity index (χ1n) is 7.96. The fraction of sp³-hybridized carbons (Fsp3) is 0.750. The van der Waals surface area contributed by atoms with Crippen LogP contribution in [0.15, 0.2) is 6.07 Å². The summed E-state index contributed by atoms with van der Waals surface area (Å²) < 4.78 is 0.